The molecule has 25 heavy (non-hydrogen) atoms. The van der Waals surface area contributed by atoms with E-state index in [1.165, 1.54) is 7.11 Å². The van der Waals surface area contributed by atoms with E-state index in [-0.39, 0.29) is 12.5 Å². The van der Waals surface area contributed by atoms with Gasteiger partial charge < -0.3 is 14.8 Å². The van der Waals surface area contributed by atoms with Crippen LogP contribution in [-0.2, 0) is 14.3 Å². The van der Waals surface area contributed by atoms with Gasteiger partial charge in [0.25, 0.3) is 5.91 Å². The maximum Gasteiger partial charge on any atom is 0.328 e. The van der Waals surface area contributed by atoms with Crippen LogP contribution in [0.3, 0.4) is 0 Å². The molecule has 1 aromatic heterocycles. The molecule has 134 valence electrons. The predicted molar refractivity (Wildman–Crippen MR) is 95.6 cm³/mol. The first-order valence-electron chi connectivity index (χ1n) is 8.01. The van der Waals surface area contributed by atoms with Gasteiger partial charge in [0.05, 0.1) is 12.1 Å². The number of halogens is 1. The molecule has 0 aliphatic heterocycles. The molecule has 0 aliphatic carbocycles. The Bertz CT molecular complexity index is 766. The number of aromatic nitrogens is 1. The normalized spacial score (nSPS) is 13.1. The number of esters is 1. The third kappa shape index (κ3) is 4.60. The van der Waals surface area contributed by atoms with Gasteiger partial charge in [-0.2, -0.15) is 0 Å². The fourth-order valence-corrected chi connectivity index (χ4v) is 2.60. The number of fused-ring (bicyclic) bond motifs is 1. The molecule has 0 fully saturated rings. The molecule has 2 rings (SSSR count). The van der Waals surface area contributed by atoms with E-state index in [4.69, 9.17) is 21.1 Å². The summed E-state index contributed by atoms with van der Waals surface area (Å²) in [5.74, 6) is -0.473. The molecule has 1 heterocycles. The quantitative estimate of drug-likeness (QED) is 0.764. The van der Waals surface area contributed by atoms with Crippen molar-refractivity contribution in [2.24, 2.45) is 5.92 Å². The molecule has 0 spiro atoms. The van der Waals surface area contributed by atoms with Gasteiger partial charge in [-0.15, -0.1) is 0 Å². The smallest absolute Gasteiger partial charge is 0.328 e. The zero-order valence-corrected chi connectivity index (χ0v) is 15.2. The average molecular weight is 365 g/mol. The monoisotopic (exact) mass is 364 g/mol. The van der Waals surface area contributed by atoms with Crippen LogP contribution in [0, 0.1) is 5.92 Å². The lowest BCUT2D eigenvalue weighted by Gasteiger charge is -2.21. The highest BCUT2D eigenvalue weighted by molar-refractivity contribution is 6.35. The Morgan fingerprint density at radius 2 is 2.08 bits per heavy atom. The summed E-state index contributed by atoms with van der Waals surface area (Å²) >= 11 is 6.14. The summed E-state index contributed by atoms with van der Waals surface area (Å²) in [6.07, 6.45) is 2.36. The van der Waals surface area contributed by atoms with Gasteiger partial charge in [-0.25, -0.2) is 4.79 Å². The minimum Gasteiger partial charge on any atom is -0.481 e. The minimum atomic E-state index is -0.703. The second-order valence-electron chi connectivity index (χ2n) is 5.69. The highest BCUT2D eigenvalue weighted by atomic mass is 35.5. The van der Waals surface area contributed by atoms with Gasteiger partial charge in [-0.05, 0) is 30.2 Å². The molecule has 1 aromatic carbocycles. The molecule has 0 aliphatic rings. The molecule has 0 saturated carbocycles. The summed E-state index contributed by atoms with van der Waals surface area (Å²) in [4.78, 5) is 28.3. The predicted octanol–water partition coefficient (Wildman–Crippen LogP) is 2.97. The van der Waals surface area contributed by atoms with Gasteiger partial charge in [-0.3, -0.25) is 9.78 Å². The summed E-state index contributed by atoms with van der Waals surface area (Å²) < 4.78 is 10.3. The Kier molecular flexibility index (Phi) is 6.58. The zero-order chi connectivity index (χ0) is 18.4. The maximum absolute atomic E-state index is 12.2. The maximum atomic E-state index is 12.2. The van der Waals surface area contributed by atoms with E-state index >= 15 is 0 Å². The number of carbonyl (C=O) groups excluding carboxylic acids is 2. The summed E-state index contributed by atoms with van der Waals surface area (Å²) in [6, 6.07) is 6.25. The second-order valence-corrected chi connectivity index (χ2v) is 6.09. The van der Waals surface area contributed by atoms with E-state index < -0.39 is 17.9 Å². The van der Waals surface area contributed by atoms with E-state index in [9.17, 15) is 9.59 Å². The largest absolute Gasteiger partial charge is 0.481 e. The van der Waals surface area contributed by atoms with E-state index in [0.29, 0.717) is 16.3 Å². The third-order valence-corrected chi connectivity index (χ3v) is 4.35. The average Bonchev–Trinajstić information content (AvgIpc) is 2.64. The number of hydrogen-bond acceptors (Lipinski definition) is 5. The van der Waals surface area contributed by atoms with Crippen LogP contribution in [0.25, 0.3) is 10.9 Å². The van der Waals surface area contributed by atoms with Crippen molar-refractivity contribution in [2.75, 3.05) is 13.7 Å². The summed E-state index contributed by atoms with van der Waals surface area (Å²) in [5, 5.41) is 3.97. The number of methoxy groups -OCH3 is 1. The molecule has 1 amide bonds. The second kappa shape index (κ2) is 8.67. The lowest BCUT2D eigenvalue weighted by atomic mass is 9.99. The highest BCUT2D eigenvalue weighted by Crippen LogP contribution is 2.29. The molecule has 6 nitrogen and oxygen atoms in total. The number of nitrogens with zero attached hydrogens (tertiary/aromatic N) is 1. The van der Waals surface area contributed by atoms with Crippen molar-refractivity contribution >= 4 is 34.4 Å². The number of carbonyl (C=O) groups is 2. The van der Waals surface area contributed by atoms with Gasteiger partial charge in [0.15, 0.2) is 6.61 Å². The van der Waals surface area contributed by atoms with Crippen LogP contribution in [0.15, 0.2) is 30.5 Å². The van der Waals surface area contributed by atoms with Gasteiger partial charge in [0.2, 0.25) is 0 Å². The number of ether oxygens (including phenoxy) is 2. The van der Waals surface area contributed by atoms with Crippen molar-refractivity contribution in [2.45, 2.75) is 26.3 Å². The van der Waals surface area contributed by atoms with E-state index in [1.54, 1.807) is 24.4 Å². The molecular formula is C18H21ClN2O4. The molecule has 1 N–H and O–H groups in total. The molecule has 7 heteroatoms. The van der Waals surface area contributed by atoms with Crippen molar-refractivity contribution in [3.63, 3.8) is 0 Å². The van der Waals surface area contributed by atoms with Crippen LogP contribution in [0.4, 0.5) is 0 Å². The van der Waals surface area contributed by atoms with E-state index in [0.717, 1.165) is 11.8 Å². The van der Waals surface area contributed by atoms with Crippen molar-refractivity contribution in [1.29, 1.82) is 0 Å². The van der Waals surface area contributed by atoms with Crippen LogP contribution in [0.2, 0.25) is 5.02 Å². The van der Waals surface area contributed by atoms with Gasteiger partial charge in [0, 0.05) is 11.6 Å². The Labute approximate surface area is 151 Å². The SMILES string of the molecule is CC[C@H](C)[C@@H](NC(=O)COc1ccc(Cl)c2cccnc12)C(=O)OC. The van der Waals surface area contributed by atoms with E-state index in [1.807, 2.05) is 19.9 Å². The summed E-state index contributed by atoms with van der Waals surface area (Å²) in [5.41, 5.74) is 0.578. The Morgan fingerprint density at radius 3 is 2.76 bits per heavy atom. The number of pyridine rings is 1. The van der Waals surface area contributed by atoms with Crippen LogP contribution in [0.1, 0.15) is 20.3 Å². The molecule has 0 radical (unpaired) electrons. The number of hydrogen-bond donors (Lipinski definition) is 1. The Balaban J connectivity index is 2.07. The first-order valence-corrected chi connectivity index (χ1v) is 8.39. The minimum absolute atomic E-state index is 0.0468. The van der Waals surface area contributed by atoms with Crippen molar-refractivity contribution in [3.8, 4) is 5.75 Å². The molecule has 2 aromatic rings. The first kappa shape index (κ1) is 19.0. The van der Waals surface area contributed by atoms with Gasteiger partial charge in [-0.1, -0.05) is 31.9 Å². The summed E-state index contributed by atoms with van der Waals surface area (Å²) in [6.45, 7) is 3.57. The van der Waals surface area contributed by atoms with Crippen molar-refractivity contribution in [3.05, 3.63) is 35.5 Å². The van der Waals surface area contributed by atoms with Gasteiger partial charge >= 0.3 is 5.97 Å². The topological polar surface area (TPSA) is 77.5 Å². The van der Waals surface area contributed by atoms with E-state index in [2.05, 4.69) is 10.3 Å². The van der Waals surface area contributed by atoms with Crippen LogP contribution >= 0.6 is 11.6 Å². The number of benzene rings is 1. The van der Waals surface area contributed by atoms with Crippen LogP contribution < -0.4 is 10.1 Å². The molecule has 0 saturated heterocycles. The number of nitrogens with one attached hydrogen (secondary N) is 1. The number of amides is 1. The fraction of sp³-hybridized carbons (Fsp3) is 0.389. The van der Waals surface area contributed by atoms with Gasteiger partial charge in [0.1, 0.15) is 17.3 Å². The lowest BCUT2D eigenvalue weighted by molar-refractivity contribution is -0.146. The Morgan fingerprint density at radius 1 is 1.32 bits per heavy atom. The third-order valence-electron chi connectivity index (χ3n) is 4.02. The first-order chi connectivity index (χ1) is 12.0. The summed E-state index contributed by atoms with van der Waals surface area (Å²) in [7, 11) is 1.30. The van der Waals surface area contributed by atoms with Crippen LogP contribution in [-0.4, -0.2) is 36.6 Å². The Hall–Kier alpha value is -2.34. The molecule has 0 unspecified atom stereocenters. The molecule has 2 atom stereocenters. The number of rotatable bonds is 7. The standard InChI is InChI=1S/C18H21ClN2O4/c1-4-11(2)16(18(23)24-3)21-15(22)10-25-14-8-7-13(19)12-6-5-9-20-17(12)14/h5-9,11,16H,4,10H2,1-3H3,(H,21,22)/t11-,16+/m0/s1. The highest BCUT2D eigenvalue weighted by Gasteiger charge is 2.26. The lowest BCUT2D eigenvalue weighted by Crippen LogP contribution is -2.47. The molecular weight excluding hydrogens is 344 g/mol. The van der Waals surface area contributed by atoms with Crippen molar-refractivity contribution in [1.82, 2.24) is 10.3 Å². The molecule has 0 bridgehead atoms. The fourth-order valence-electron chi connectivity index (χ4n) is 2.38. The van der Waals surface area contributed by atoms with Crippen molar-refractivity contribution < 1.29 is 19.1 Å². The zero-order valence-electron chi connectivity index (χ0n) is 14.4. The van der Waals surface area contributed by atoms with Crippen LogP contribution in [0.5, 0.6) is 5.75 Å².